The highest BCUT2D eigenvalue weighted by Crippen LogP contribution is 2.19. The Morgan fingerprint density at radius 2 is 1.72 bits per heavy atom. The molecular formula is C23H19FN4O3S. The highest BCUT2D eigenvalue weighted by atomic mass is 32.2. The molecule has 0 atom stereocenters. The number of hydrogen-bond donors (Lipinski definition) is 2. The first kappa shape index (κ1) is 21.3. The molecule has 1 aromatic heterocycles. The maximum Gasteiger partial charge on any atom is 0.262 e. The Labute approximate surface area is 184 Å². The lowest BCUT2D eigenvalue weighted by molar-refractivity contribution is 0.0950. The van der Waals surface area contributed by atoms with E-state index in [1.807, 2.05) is 30.3 Å². The van der Waals surface area contributed by atoms with Crippen LogP contribution in [-0.4, -0.2) is 24.1 Å². The van der Waals surface area contributed by atoms with E-state index in [-0.39, 0.29) is 22.7 Å². The molecule has 0 unspecified atom stereocenters. The zero-order chi connectivity index (χ0) is 22.6. The van der Waals surface area contributed by atoms with Gasteiger partial charge in [0.15, 0.2) is 0 Å². The normalized spacial score (nSPS) is 11.2. The SMILES string of the molecule is O=C(NCc1cnn(-c2ccccc2)c1)c1cccc(S(=O)(=O)Nc2ccccc2F)c1. The molecule has 0 saturated carbocycles. The van der Waals surface area contributed by atoms with Crippen molar-refractivity contribution in [3.05, 3.63) is 108 Å². The number of anilines is 1. The van der Waals surface area contributed by atoms with Crippen LogP contribution in [0.2, 0.25) is 0 Å². The largest absolute Gasteiger partial charge is 0.348 e. The maximum absolute atomic E-state index is 13.8. The van der Waals surface area contributed by atoms with Crippen LogP contribution in [0.5, 0.6) is 0 Å². The van der Waals surface area contributed by atoms with Crippen LogP contribution in [-0.2, 0) is 16.6 Å². The van der Waals surface area contributed by atoms with Gasteiger partial charge in [-0.1, -0.05) is 36.4 Å². The van der Waals surface area contributed by atoms with Crippen LogP contribution in [0.1, 0.15) is 15.9 Å². The number of amides is 1. The minimum atomic E-state index is -4.07. The summed E-state index contributed by atoms with van der Waals surface area (Å²) in [5, 5.41) is 7.03. The van der Waals surface area contributed by atoms with Gasteiger partial charge >= 0.3 is 0 Å². The van der Waals surface area contributed by atoms with E-state index >= 15 is 0 Å². The molecule has 1 amide bonds. The number of nitrogens with zero attached hydrogens (tertiary/aromatic N) is 2. The molecule has 0 aliphatic carbocycles. The highest BCUT2D eigenvalue weighted by molar-refractivity contribution is 7.92. The first-order chi connectivity index (χ1) is 15.4. The van der Waals surface area contributed by atoms with Crippen molar-refractivity contribution in [2.45, 2.75) is 11.4 Å². The monoisotopic (exact) mass is 450 g/mol. The Kier molecular flexibility index (Phi) is 6.00. The van der Waals surface area contributed by atoms with Crippen LogP contribution in [0.4, 0.5) is 10.1 Å². The molecule has 0 saturated heterocycles. The highest BCUT2D eigenvalue weighted by Gasteiger charge is 2.18. The van der Waals surface area contributed by atoms with Gasteiger partial charge in [-0.2, -0.15) is 5.10 Å². The van der Waals surface area contributed by atoms with E-state index in [9.17, 15) is 17.6 Å². The van der Waals surface area contributed by atoms with Gasteiger partial charge in [-0.25, -0.2) is 17.5 Å². The number of carbonyl (C=O) groups excluding carboxylic acids is 1. The number of hydrogen-bond acceptors (Lipinski definition) is 4. The van der Waals surface area contributed by atoms with Crippen LogP contribution >= 0.6 is 0 Å². The fourth-order valence-electron chi connectivity index (χ4n) is 3.01. The second-order valence-electron chi connectivity index (χ2n) is 6.92. The third kappa shape index (κ3) is 4.84. The quantitative estimate of drug-likeness (QED) is 0.449. The van der Waals surface area contributed by atoms with Crippen molar-refractivity contribution >= 4 is 21.6 Å². The van der Waals surface area contributed by atoms with Gasteiger partial charge < -0.3 is 5.32 Å². The Bertz CT molecular complexity index is 1350. The average Bonchev–Trinajstić information content (AvgIpc) is 3.29. The molecule has 0 fully saturated rings. The van der Waals surface area contributed by atoms with Gasteiger partial charge in [0, 0.05) is 23.9 Å². The van der Waals surface area contributed by atoms with Crippen LogP contribution < -0.4 is 10.0 Å². The minimum Gasteiger partial charge on any atom is -0.348 e. The molecule has 3 aromatic carbocycles. The minimum absolute atomic E-state index is 0.148. The van der Waals surface area contributed by atoms with Crippen LogP contribution in [0.3, 0.4) is 0 Å². The van der Waals surface area contributed by atoms with E-state index in [1.54, 1.807) is 17.1 Å². The third-order valence-corrected chi connectivity index (χ3v) is 6.00. The summed E-state index contributed by atoms with van der Waals surface area (Å²) in [5.74, 6) is -1.14. The molecule has 2 N–H and O–H groups in total. The van der Waals surface area contributed by atoms with Gasteiger partial charge in [-0.05, 0) is 42.5 Å². The van der Waals surface area contributed by atoms with E-state index in [4.69, 9.17) is 0 Å². The Morgan fingerprint density at radius 3 is 2.50 bits per heavy atom. The Morgan fingerprint density at radius 1 is 0.969 bits per heavy atom. The van der Waals surface area contributed by atoms with Gasteiger partial charge in [-0.15, -0.1) is 0 Å². The molecule has 4 rings (SSSR count). The molecule has 0 aliphatic rings. The molecule has 162 valence electrons. The smallest absolute Gasteiger partial charge is 0.262 e. The number of nitrogens with one attached hydrogen (secondary N) is 2. The number of aromatic nitrogens is 2. The van der Waals surface area contributed by atoms with Gasteiger partial charge in [-0.3, -0.25) is 9.52 Å². The van der Waals surface area contributed by atoms with Gasteiger partial charge in [0.2, 0.25) is 0 Å². The number of para-hydroxylation sites is 2. The first-order valence-corrected chi connectivity index (χ1v) is 11.2. The standard InChI is InChI=1S/C23H19FN4O3S/c24-21-11-4-5-12-22(21)27-32(30,31)20-10-6-7-18(13-20)23(29)25-14-17-15-26-28(16-17)19-8-2-1-3-9-19/h1-13,15-16,27H,14H2,(H,25,29). The Balaban J connectivity index is 1.44. The number of carbonyl (C=O) groups is 1. The number of sulfonamides is 1. The number of benzene rings is 3. The molecule has 0 aliphatic heterocycles. The van der Waals surface area contributed by atoms with E-state index in [1.165, 1.54) is 42.5 Å². The van der Waals surface area contributed by atoms with Crippen molar-refractivity contribution in [1.82, 2.24) is 15.1 Å². The van der Waals surface area contributed by atoms with E-state index in [2.05, 4.69) is 15.1 Å². The third-order valence-electron chi connectivity index (χ3n) is 4.63. The van der Waals surface area contributed by atoms with Crippen molar-refractivity contribution in [3.8, 4) is 5.69 Å². The topological polar surface area (TPSA) is 93.1 Å². The van der Waals surface area contributed by atoms with Crippen molar-refractivity contribution in [1.29, 1.82) is 0 Å². The van der Waals surface area contributed by atoms with Gasteiger partial charge in [0.1, 0.15) is 5.82 Å². The van der Waals surface area contributed by atoms with Crippen molar-refractivity contribution < 1.29 is 17.6 Å². The second kappa shape index (κ2) is 9.03. The molecule has 32 heavy (non-hydrogen) atoms. The van der Waals surface area contributed by atoms with E-state index in [0.717, 1.165) is 17.3 Å². The van der Waals surface area contributed by atoms with Crippen molar-refractivity contribution in [3.63, 3.8) is 0 Å². The fourth-order valence-corrected chi connectivity index (χ4v) is 4.12. The van der Waals surface area contributed by atoms with Crippen LogP contribution in [0.25, 0.3) is 5.69 Å². The lowest BCUT2D eigenvalue weighted by atomic mass is 10.2. The van der Waals surface area contributed by atoms with E-state index < -0.39 is 21.7 Å². The summed E-state index contributed by atoms with van der Waals surface area (Å²) in [4.78, 5) is 12.4. The van der Waals surface area contributed by atoms with Crippen molar-refractivity contribution in [2.24, 2.45) is 0 Å². The summed E-state index contributed by atoms with van der Waals surface area (Å²) >= 11 is 0. The zero-order valence-corrected chi connectivity index (χ0v) is 17.6. The first-order valence-electron chi connectivity index (χ1n) is 9.67. The predicted octanol–water partition coefficient (Wildman–Crippen LogP) is 3.74. The summed E-state index contributed by atoms with van der Waals surface area (Å²) in [5.41, 5.74) is 1.67. The molecule has 9 heteroatoms. The zero-order valence-electron chi connectivity index (χ0n) is 16.8. The van der Waals surface area contributed by atoms with Crippen LogP contribution in [0.15, 0.2) is 96.2 Å². The summed E-state index contributed by atoms with van der Waals surface area (Å²) in [6, 6.07) is 20.5. The molecule has 1 heterocycles. The molecule has 0 radical (unpaired) electrons. The Hall–Kier alpha value is -3.98. The number of halogens is 1. The number of rotatable bonds is 7. The maximum atomic E-state index is 13.8. The molecule has 4 aromatic rings. The van der Waals surface area contributed by atoms with Crippen molar-refractivity contribution in [2.75, 3.05) is 4.72 Å². The van der Waals surface area contributed by atoms with Crippen LogP contribution in [0, 0.1) is 5.82 Å². The average molecular weight is 450 g/mol. The summed E-state index contributed by atoms with van der Waals surface area (Å²) in [6.45, 7) is 0.218. The molecular weight excluding hydrogens is 431 g/mol. The lowest BCUT2D eigenvalue weighted by Crippen LogP contribution is -2.23. The van der Waals surface area contributed by atoms with E-state index in [0.29, 0.717) is 0 Å². The summed E-state index contributed by atoms with van der Waals surface area (Å²) in [6.07, 6.45) is 3.45. The molecule has 7 nitrogen and oxygen atoms in total. The predicted molar refractivity (Wildman–Crippen MR) is 118 cm³/mol. The molecule has 0 spiro atoms. The summed E-state index contributed by atoms with van der Waals surface area (Å²) < 4.78 is 43.0. The lowest BCUT2D eigenvalue weighted by Gasteiger charge is -2.10. The fraction of sp³-hybridized carbons (Fsp3) is 0.0435. The van der Waals surface area contributed by atoms with Gasteiger partial charge in [0.25, 0.3) is 15.9 Å². The summed E-state index contributed by atoms with van der Waals surface area (Å²) in [7, 11) is -4.07. The van der Waals surface area contributed by atoms with Gasteiger partial charge in [0.05, 0.1) is 22.5 Å². The second-order valence-corrected chi connectivity index (χ2v) is 8.61. The molecule has 0 bridgehead atoms.